The first-order chi connectivity index (χ1) is 18.7. The average molecular weight is 562 g/mol. The minimum Gasteiger partial charge on any atom is -0.368 e. The molecule has 13 heteroatoms. The van der Waals surface area contributed by atoms with Gasteiger partial charge in [-0.25, -0.2) is 14.8 Å². The van der Waals surface area contributed by atoms with Gasteiger partial charge in [-0.1, -0.05) is 28.1 Å². The van der Waals surface area contributed by atoms with E-state index in [1.165, 1.54) is 6.33 Å². The highest BCUT2D eigenvalue weighted by molar-refractivity contribution is 6.30. The lowest BCUT2D eigenvalue weighted by atomic mass is 10.0. The first-order valence-electron chi connectivity index (χ1n) is 12.9. The Morgan fingerprint density at radius 3 is 2.49 bits per heavy atom. The molecule has 0 bridgehead atoms. The number of halogens is 4. The van der Waals surface area contributed by atoms with Crippen LogP contribution in [-0.2, 0) is 4.79 Å². The van der Waals surface area contributed by atoms with Gasteiger partial charge < -0.3 is 20.0 Å². The van der Waals surface area contributed by atoms with Gasteiger partial charge in [0.15, 0.2) is 0 Å². The summed E-state index contributed by atoms with van der Waals surface area (Å²) >= 11 is 6.23. The van der Waals surface area contributed by atoms with Crippen LogP contribution in [0, 0.1) is 18.8 Å². The number of allylic oxidation sites excluding steroid dienone is 1. The molecule has 206 valence electrons. The highest BCUT2D eigenvalue weighted by atomic mass is 35.5. The number of benzene rings is 1. The average Bonchev–Trinajstić information content (AvgIpc) is 3.59. The molecule has 4 heterocycles. The maximum absolute atomic E-state index is 13.0. The maximum Gasteiger partial charge on any atom is 0.493 e. The zero-order valence-electron chi connectivity index (χ0n) is 21.2. The summed E-state index contributed by atoms with van der Waals surface area (Å²) in [6.07, 6.45) is -0.244. The third kappa shape index (κ3) is 5.03. The number of aromatic nitrogens is 4. The number of fused-ring (bicyclic) bond motifs is 2. The molecule has 1 aromatic carbocycles. The molecule has 0 amide bonds. The molecule has 0 unspecified atom stereocenters. The number of carbonyl (C=O) groups excluding carboxylic acids is 1. The summed E-state index contributed by atoms with van der Waals surface area (Å²) in [6.45, 7) is 6.54. The Kier molecular flexibility index (Phi) is 6.62. The Labute approximate surface area is 227 Å². The van der Waals surface area contributed by atoms with Crippen LogP contribution in [0.1, 0.15) is 24.1 Å². The lowest BCUT2D eigenvalue weighted by Gasteiger charge is -2.37. The molecule has 3 aromatic rings. The Bertz CT molecular complexity index is 1440. The van der Waals surface area contributed by atoms with Gasteiger partial charge >= 0.3 is 12.1 Å². The Morgan fingerprint density at radius 2 is 1.79 bits per heavy atom. The molecule has 0 spiro atoms. The maximum atomic E-state index is 13.0. The summed E-state index contributed by atoms with van der Waals surface area (Å²) in [5.74, 6) is -0.750. The first-order valence-corrected chi connectivity index (χ1v) is 13.2. The third-order valence-corrected chi connectivity index (χ3v) is 8.04. The van der Waals surface area contributed by atoms with Gasteiger partial charge in [0.05, 0.1) is 5.39 Å². The predicted molar refractivity (Wildman–Crippen MR) is 141 cm³/mol. The summed E-state index contributed by atoms with van der Waals surface area (Å²) < 4.78 is 39.0. The minimum absolute atomic E-state index is 0.0115. The molecule has 3 fully saturated rings. The fourth-order valence-electron chi connectivity index (χ4n) is 5.89. The molecule has 2 saturated heterocycles. The van der Waals surface area contributed by atoms with E-state index in [-0.39, 0.29) is 5.65 Å². The second-order valence-corrected chi connectivity index (χ2v) is 10.8. The molecule has 1 aliphatic carbocycles. The molecule has 0 radical (unpaired) electrons. The van der Waals surface area contributed by atoms with E-state index in [2.05, 4.69) is 35.0 Å². The van der Waals surface area contributed by atoms with E-state index in [9.17, 15) is 18.0 Å². The largest absolute Gasteiger partial charge is 0.493 e. The molecule has 1 N–H and O–H groups in total. The van der Waals surface area contributed by atoms with E-state index in [1.807, 2.05) is 31.2 Å². The van der Waals surface area contributed by atoms with Crippen molar-refractivity contribution in [2.75, 3.05) is 49.1 Å². The van der Waals surface area contributed by atoms with Crippen LogP contribution >= 0.6 is 11.6 Å². The standard InChI is InChI=1S/C26H27ClF3N7O2/c1-15-2-3-19(27)11-21(15)35-4-6-36(7-5-35)23-22-20(10-16-8-17-12-31-13-18(17)9-16)34-37(24(22)33-14-32-23)39-25(38)26(28,29)30/h2-3,10-11,14,17-18,31H,4-9,12-13H2,1H3/t17-,18+. The molecule has 1 saturated carbocycles. The van der Waals surface area contributed by atoms with Crippen LogP contribution in [0.2, 0.25) is 5.02 Å². The number of nitrogens with one attached hydrogen (secondary N) is 1. The Hall–Kier alpha value is -3.38. The van der Waals surface area contributed by atoms with Gasteiger partial charge in [0, 0.05) is 36.9 Å². The molecule has 2 atom stereocenters. The van der Waals surface area contributed by atoms with Gasteiger partial charge in [0.25, 0.3) is 0 Å². The van der Waals surface area contributed by atoms with Gasteiger partial charge in [0.1, 0.15) is 17.8 Å². The van der Waals surface area contributed by atoms with Crippen molar-refractivity contribution in [1.29, 1.82) is 0 Å². The third-order valence-electron chi connectivity index (χ3n) is 7.80. The lowest BCUT2D eigenvalue weighted by molar-refractivity contribution is -0.200. The van der Waals surface area contributed by atoms with Crippen LogP contribution in [0.3, 0.4) is 0 Å². The second-order valence-electron chi connectivity index (χ2n) is 10.3. The van der Waals surface area contributed by atoms with Crippen molar-refractivity contribution in [3.8, 4) is 0 Å². The van der Waals surface area contributed by atoms with Gasteiger partial charge in [-0.3, -0.25) is 0 Å². The highest BCUT2D eigenvalue weighted by Gasteiger charge is 2.43. The fourth-order valence-corrected chi connectivity index (χ4v) is 6.05. The Balaban J connectivity index is 1.34. The summed E-state index contributed by atoms with van der Waals surface area (Å²) in [4.78, 5) is 29.9. The van der Waals surface area contributed by atoms with Crippen molar-refractivity contribution in [3.63, 3.8) is 0 Å². The summed E-state index contributed by atoms with van der Waals surface area (Å²) in [5, 5.41) is 8.80. The number of anilines is 2. The van der Waals surface area contributed by atoms with Crippen molar-refractivity contribution in [1.82, 2.24) is 25.2 Å². The molecule has 9 nitrogen and oxygen atoms in total. The molecule has 39 heavy (non-hydrogen) atoms. The SMILES string of the molecule is Cc1ccc(Cl)cc1N1CCN(c2ncnc3c2c(C=C2C[C@H]4CNC[C@H]4C2)nn3OC(=O)C(F)(F)F)CC1. The summed E-state index contributed by atoms with van der Waals surface area (Å²) in [7, 11) is 0. The van der Waals surface area contributed by atoms with Gasteiger partial charge in [-0.2, -0.15) is 13.2 Å². The topological polar surface area (TPSA) is 88.4 Å². The van der Waals surface area contributed by atoms with E-state index >= 15 is 0 Å². The summed E-state index contributed by atoms with van der Waals surface area (Å²) in [6, 6.07) is 5.80. The molecule has 2 aromatic heterocycles. The quantitative estimate of drug-likeness (QED) is 0.517. The van der Waals surface area contributed by atoms with E-state index in [4.69, 9.17) is 11.6 Å². The zero-order valence-corrected chi connectivity index (χ0v) is 22.0. The molecule has 3 aliphatic rings. The monoisotopic (exact) mass is 561 g/mol. The summed E-state index contributed by atoms with van der Waals surface area (Å²) in [5.41, 5.74) is 3.75. The van der Waals surface area contributed by atoms with Crippen LogP contribution in [-0.4, -0.2) is 71.3 Å². The van der Waals surface area contributed by atoms with E-state index in [0.29, 0.717) is 64.8 Å². The lowest BCUT2D eigenvalue weighted by Crippen LogP contribution is -2.47. The normalized spacial score (nSPS) is 22.6. The number of aryl methyl sites for hydroxylation is 1. The van der Waals surface area contributed by atoms with Crippen LogP contribution in [0.4, 0.5) is 24.7 Å². The molecule has 2 aliphatic heterocycles. The van der Waals surface area contributed by atoms with Crippen LogP contribution < -0.4 is 20.0 Å². The van der Waals surface area contributed by atoms with Crippen molar-refractivity contribution in [2.45, 2.75) is 25.9 Å². The van der Waals surface area contributed by atoms with E-state index in [1.54, 1.807) is 0 Å². The predicted octanol–water partition coefficient (Wildman–Crippen LogP) is 3.65. The van der Waals surface area contributed by atoms with Crippen LogP contribution in [0.5, 0.6) is 0 Å². The van der Waals surface area contributed by atoms with E-state index in [0.717, 1.165) is 42.8 Å². The van der Waals surface area contributed by atoms with Crippen molar-refractivity contribution in [3.05, 3.63) is 46.4 Å². The second kappa shape index (κ2) is 9.98. The molecule has 6 rings (SSSR count). The van der Waals surface area contributed by atoms with Gasteiger partial charge in [0.2, 0.25) is 5.65 Å². The smallest absolute Gasteiger partial charge is 0.368 e. The number of hydrogen-bond acceptors (Lipinski definition) is 8. The van der Waals surface area contributed by atoms with Crippen molar-refractivity contribution in [2.24, 2.45) is 11.8 Å². The number of hydrogen-bond donors (Lipinski definition) is 1. The number of piperazine rings is 1. The van der Waals surface area contributed by atoms with Crippen molar-refractivity contribution < 1.29 is 22.8 Å². The number of nitrogens with zero attached hydrogens (tertiary/aromatic N) is 6. The Morgan fingerprint density at radius 1 is 1.10 bits per heavy atom. The van der Waals surface area contributed by atoms with Crippen molar-refractivity contribution >= 4 is 46.2 Å². The van der Waals surface area contributed by atoms with E-state index < -0.39 is 12.1 Å². The zero-order chi connectivity index (χ0) is 27.3. The van der Waals surface area contributed by atoms with Crippen LogP contribution in [0.25, 0.3) is 17.1 Å². The molecular weight excluding hydrogens is 535 g/mol. The number of rotatable bonds is 4. The highest BCUT2D eigenvalue weighted by Crippen LogP contribution is 2.40. The number of carbonyl (C=O) groups is 1. The van der Waals surface area contributed by atoms with Gasteiger partial charge in [-0.05, 0) is 68.5 Å². The first kappa shape index (κ1) is 25.9. The fraction of sp³-hybridized carbons (Fsp3) is 0.462. The van der Waals surface area contributed by atoms with Gasteiger partial charge in [-0.15, -0.1) is 5.10 Å². The minimum atomic E-state index is -5.17. The number of alkyl halides is 3. The molecular formula is C26H27ClF3N7O2. The van der Waals surface area contributed by atoms with Crippen LogP contribution in [0.15, 0.2) is 30.1 Å².